The van der Waals surface area contributed by atoms with E-state index in [0.29, 0.717) is 18.4 Å². The molecule has 0 aromatic heterocycles. The molecule has 1 aromatic carbocycles. The number of ether oxygens (including phenoxy) is 1. The van der Waals surface area contributed by atoms with Crippen LogP contribution in [0.5, 0.6) is 5.75 Å². The van der Waals surface area contributed by atoms with E-state index in [1.165, 1.54) is 5.56 Å². The third-order valence-corrected chi connectivity index (χ3v) is 2.42. The highest BCUT2D eigenvalue weighted by Gasteiger charge is 2.08. The lowest BCUT2D eigenvalue weighted by Gasteiger charge is -2.18. The van der Waals surface area contributed by atoms with Crippen LogP contribution >= 0.6 is 0 Å². The van der Waals surface area contributed by atoms with Crippen molar-refractivity contribution in [3.63, 3.8) is 0 Å². The van der Waals surface area contributed by atoms with Gasteiger partial charge in [-0.15, -0.1) is 12.3 Å². The molecule has 0 bridgehead atoms. The van der Waals surface area contributed by atoms with Crippen molar-refractivity contribution < 1.29 is 4.74 Å². The van der Waals surface area contributed by atoms with Crippen molar-refractivity contribution >= 4 is 0 Å². The van der Waals surface area contributed by atoms with E-state index in [-0.39, 0.29) is 0 Å². The van der Waals surface area contributed by atoms with Crippen molar-refractivity contribution in [2.75, 3.05) is 13.2 Å². The average molecular weight is 245 g/mol. The van der Waals surface area contributed by atoms with Crippen LogP contribution in [0, 0.1) is 17.8 Å². The molecule has 0 amide bonds. The molecule has 0 atom stereocenters. The fraction of sp³-hybridized carbons (Fsp3) is 0.500. The normalized spacial score (nSPS) is 11.0. The fourth-order valence-corrected chi connectivity index (χ4v) is 1.51. The van der Waals surface area contributed by atoms with Gasteiger partial charge >= 0.3 is 0 Å². The Morgan fingerprint density at radius 3 is 2.44 bits per heavy atom. The topological polar surface area (TPSA) is 21.3 Å². The summed E-state index contributed by atoms with van der Waals surface area (Å²) in [5.41, 5.74) is 1.58. The highest BCUT2D eigenvalue weighted by Crippen LogP contribution is 2.14. The first-order valence-corrected chi connectivity index (χ1v) is 6.37. The number of hydrogen-bond donors (Lipinski definition) is 1. The lowest BCUT2D eigenvalue weighted by molar-refractivity contribution is 0.327. The zero-order chi connectivity index (χ0) is 13.4. The summed E-state index contributed by atoms with van der Waals surface area (Å²) in [6, 6.07) is 8.15. The zero-order valence-corrected chi connectivity index (χ0v) is 11.6. The molecule has 0 aliphatic carbocycles. The van der Waals surface area contributed by atoms with Crippen molar-refractivity contribution in [1.82, 2.24) is 5.32 Å². The van der Waals surface area contributed by atoms with Crippen LogP contribution in [-0.2, 0) is 6.54 Å². The maximum atomic E-state index is 5.50. The van der Waals surface area contributed by atoms with Crippen LogP contribution in [-0.4, -0.2) is 13.2 Å². The van der Waals surface area contributed by atoms with E-state index in [1.807, 2.05) is 12.1 Å². The number of nitrogens with one attached hydrogen (secondary N) is 1. The van der Waals surface area contributed by atoms with E-state index in [9.17, 15) is 0 Å². The highest BCUT2D eigenvalue weighted by atomic mass is 16.5. The minimum atomic E-state index is 0.318. The van der Waals surface area contributed by atoms with E-state index < -0.39 is 0 Å². The molecule has 98 valence electrons. The minimum Gasteiger partial charge on any atom is -0.493 e. The Labute approximate surface area is 111 Å². The highest BCUT2D eigenvalue weighted by molar-refractivity contribution is 5.27. The summed E-state index contributed by atoms with van der Waals surface area (Å²) < 4.78 is 5.50. The summed E-state index contributed by atoms with van der Waals surface area (Å²) in [5.74, 6) is 3.44. The Morgan fingerprint density at radius 2 is 1.89 bits per heavy atom. The van der Waals surface area contributed by atoms with Gasteiger partial charge in [0.2, 0.25) is 0 Å². The van der Waals surface area contributed by atoms with Crippen LogP contribution in [0.1, 0.15) is 32.8 Å². The molecule has 18 heavy (non-hydrogen) atoms. The second-order valence-corrected chi connectivity index (χ2v) is 5.61. The molecule has 2 nitrogen and oxygen atoms in total. The average Bonchev–Trinajstić information content (AvgIpc) is 2.30. The summed E-state index contributed by atoms with van der Waals surface area (Å²) in [5, 5.41) is 3.45. The van der Waals surface area contributed by atoms with Gasteiger partial charge in [0.15, 0.2) is 0 Å². The molecule has 0 unspecified atom stereocenters. The van der Waals surface area contributed by atoms with Gasteiger partial charge in [-0.25, -0.2) is 0 Å². The van der Waals surface area contributed by atoms with Crippen molar-refractivity contribution in [1.29, 1.82) is 0 Å². The third-order valence-electron chi connectivity index (χ3n) is 2.42. The van der Waals surface area contributed by atoms with Gasteiger partial charge in [0.1, 0.15) is 5.75 Å². The molecule has 2 heteroatoms. The quantitative estimate of drug-likeness (QED) is 0.614. The van der Waals surface area contributed by atoms with Gasteiger partial charge in [-0.2, -0.15) is 0 Å². The maximum Gasteiger partial charge on any atom is 0.119 e. The number of terminal acetylenes is 1. The van der Waals surface area contributed by atoms with Crippen LogP contribution in [0.15, 0.2) is 24.3 Å². The molecule has 1 aromatic rings. The Bertz CT molecular complexity index is 381. The second kappa shape index (κ2) is 7.08. The molecular weight excluding hydrogens is 222 g/mol. The molecule has 0 saturated carbocycles. The second-order valence-electron chi connectivity index (χ2n) is 5.61. The van der Waals surface area contributed by atoms with E-state index >= 15 is 0 Å². The van der Waals surface area contributed by atoms with Gasteiger partial charge in [0.05, 0.1) is 6.61 Å². The van der Waals surface area contributed by atoms with E-state index in [0.717, 1.165) is 18.8 Å². The van der Waals surface area contributed by atoms with Crippen molar-refractivity contribution in [2.45, 2.75) is 33.7 Å². The molecule has 0 heterocycles. The van der Waals surface area contributed by atoms with Crippen molar-refractivity contribution in [3.8, 4) is 18.1 Å². The van der Waals surface area contributed by atoms with E-state index in [1.54, 1.807) is 0 Å². The predicted molar refractivity (Wildman–Crippen MR) is 76.5 cm³/mol. The first-order valence-electron chi connectivity index (χ1n) is 6.37. The van der Waals surface area contributed by atoms with Crippen LogP contribution in [0.4, 0.5) is 0 Å². The van der Waals surface area contributed by atoms with Gasteiger partial charge in [0.25, 0.3) is 0 Å². The number of benzene rings is 1. The molecule has 1 N–H and O–H groups in total. The Balaban J connectivity index is 2.34. The summed E-state index contributed by atoms with van der Waals surface area (Å²) in [7, 11) is 0. The smallest absolute Gasteiger partial charge is 0.119 e. The standard InChI is InChI=1S/C16H23NO/c1-5-6-11-18-15-9-7-14(8-10-15)12-17-13-16(2,3)4/h1,7-10,17H,6,11-13H2,2-4H3. The first kappa shape index (κ1) is 14.6. The zero-order valence-electron chi connectivity index (χ0n) is 11.6. The molecule has 0 aliphatic heterocycles. The Kier molecular flexibility index (Phi) is 5.74. The maximum absolute atomic E-state index is 5.50. The van der Waals surface area contributed by atoms with Crippen molar-refractivity contribution in [2.24, 2.45) is 5.41 Å². The van der Waals surface area contributed by atoms with Crippen LogP contribution in [0.3, 0.4) is 0 Å². The lowest BCUT2D eigenvalue weighted by atomic mass is 9.97. The van der Waals surface area contributed by atoms with Crippen LogP contribution < -0.4 is 10.1 Å². The van der Waals surface area contributed by atoms with Gasteiger partial charge < -0.3 is 10.1 Å². The molecule has 0 spiro atoms. The molecular formula is C16H23NO. The minimum absolute atomic E-state index is 0.318. The SMILES string of the molecule is C#CCCOc1ccc(CNCC(C)(C)C)cc1. The van der Waals surface area contributed by atoms with E-state index in [2.05, 4.69) is 44.1 Å². The molecule has 0 fully saturated rings. The third kappa shape index (κ3) is 6.32. The number of rotatable bonds is 6. The summed E-state index contributed by atoms with van der Waals surface area (Å²) in [6.07, 6.45) is 5.82. The van der Waals surface area contributed by atoms with Gasteiger partial charge in [0, 0.05) is 19.5 Å². The summed E-state index contributed by atoms with van der Waals surface area (Å²) >= 11 is 0. The number of hydrogen-bond acceptors (Lipinski definition) is 2. The summed E-state index contributed by atoms with van der Waals surface area (Å²) in [6.45, 7) is 9.15. The fourth-order valence-electron chi connectivity index (χ4n) is 1.51. The van der Waals surface area contributed by atoms with Gasteiger partial charge in [-0.1, -0.05) is 32.9 Å². The van der Waals surface area contributed by atoms with Crippen molar-refractivity contribution in [3.05, 3.63) is 29.8 Å². The van der Waals surface area contributed by atoms with E-state index in [4.69, 9.17) is 11.2 Å². The monoisotopic (exact) mass is 245 g/mol. The van der Waals surface area contributed by atoms with Crippen LogP contribution in [0.25, 0.3) is 0 Å². The molecule has 0 aliphatic rings. The largest absolute Gasteiger partial charge is 0.493 e. The summed E-state index contributed by atoms with van der Waals surface area (Å²) in [4.78, 5) is 0. The Hall–Kier alpha value is -1.46. The first-order chi connectivity index (χ1) is 8.51. The predicted octanol–water partition coefficient (Wildman–Crippen LogP) is 3.22. The van der Waals surface area contributed by atoms with Gasteiger partial charge in [-0.05, 0) is 23.1 Å². The molecule has 1 rings (SSSR count). The van der Waals surface area contributed by atoms with Crippen LogP contribution in [0.2, 0.25) is 0 Å². The Morgan fingerprint density at radius 1 is 1.22 bits per heavy atom. The molecule has 0 saturated heterocycles. The van der Waals surface area contributed by atoms with Gasteiger partial charge in [-0.3, -0.25) is 0 Å². The lowest BCUT2D eigenvalue weighted by Crippen LogP contribution is -2.26. The molecule has 0 radical (unpaired) electrons.